The Balaban J connectivity index is 1.30. The molecule has 0 spiro atoms. The van der Waals surface area contributed by atoms with E-state index < -0.39 is 0 Å². The lowest BCUT2D eigenvalue weighted by Gasteiger charge is -2.28. The first kappa shape index (κ1) is 26.1. The molecule has 0 saturated carbocycles. The third-order valence-corrected chi connectivity index (χ3v) is 8.24. The van der Waals surface area contributed by atoms with E-state index in [4.69, 9.17) is 16.6 Å². The molecule has 0 radical (unpaired) electrons. The molecule has 2 aromatic heterocycles. The smallest absolute Gasteiger partial charge is 0.234 e. The van der Waals surface area contributed by atoms with Crippen molar-refractivity contribution in [3.05, 3.63) is 154 Å². The van der Waals surface area contributed by atoms with Crippen LogP contribution in [0.1, 0.15) is 28.3 Å². The average Bonchev–Trinajstić information content (AvgIpc) is 3.59. The van der Waals surface area contributed by atoms with Crippen LogP contribution in [0.5, 0.6) is 0 Å². The van der Waals surface area contributed by atoms with Gasteiger partial charge in [0.15, 0.2) is 4.96 Å². The number of imidazole rings is 1. The van der Waals surface area contributed by atoms with Crippen molar-refractivity contribution in [1.29, 1.82) is 0 Å². The van der Waals surface area contributed by atoms with Crippen LogP contribution in [0.3, 0.4) is 0 Å². The molecule has 0 saturated heterocycles. The molecule has 6 rings (SSSR count). The van der Waals surface area contributed by atoms with Crippen molar-refractivity contribution in [2.24, 2.45) is 0 Å². The number of hydrogen-bond donors (Lipinski definition) is 0. The van der Waals surface area contributed by atoms with Crippen molar-refractivity contribution >= 4 is 33.8 Å². The number of nitrogens with zero attached hydrogens (tertiary/aromatic N) is 3. The minimum absolute atomic E-state index is 0.0974. The Kier molecular flexibility index (Phi) is 7.76. The average molecular weight is 562 g/mol. The number of carbonyl (C=O) groups is 1. The Morgan fingerprint density at radius 1 is 0.825 bits per heavy atom. The van der Waals surface area contributed by atoms with Crippen LogP contribution in [0.15, 0.2) is 127 Å². The van der Waals surface area contributed by atoms with Gasteiger partial charge < -0.3 is 4.90 Å². The van der Waals surface area contributed by atoms with Crippen molar-refractivity contribution in [2.45, 2.75) is 18.9 Å². The van der Waals surface area contributed by atoms with Crippen molar-refractivity contribution < 1.29 is 4.79 Å². The minimum Gasteiger partial charge on any atom is -0.337 e. The quantitative estimate of drug-likeness (QED) is 0.179. The van der Waals surface area contributed by atoms with Gasteiger partial charge in [0.05, 0.1) is 11.6 Å². The number of rotatable bonds is 9. The highest BCUT2D eigenvalue weighted by Gasteiger charge is 2.28. The molecule has 40 heavy (non-hydrogen) atoms. The normalized spacial score (nSPS) is 11.2. The fraction of sp³-hybridized carbons (Fsp3) is 0.118. The van der Waals surface area contributed by atoms with Crippen LogP contribution in [0.4, 0.5) is 0 Å². The van der Waals surface area contributed by atoms with E-state index in [9.17, 15) is 4.79 Å². The Bertz CT molecular complexity index is 1660. The molecule has 0 aliphatic heterocycles. The molecule has 0 bridgehead atoms. The summed E-state index contributed by atoms with van der Waals surface area (Å²) in [7, 11) is 0. The number of aromatic nitrogens is 2. The second-order valence-corrected chi connectivity index (χ2v) is 11.0. The van der Waals surface area contributed by atoms with Crippen LogP contribution in [0.2, 0.25) is 5.02 Å². The van der Waals surface area contributed by atoms with E-state index in [0.717, 1.165) is 38.6 Å². The van der Waals surface area contributed by atoms with E-state index in [2.05, 4.69) is 28.1 Å². The summed E-state index contributed by atoms with van der Waals surface area (Å²) >= 11 is 7.70. The standard InChI is InChI=1S/C34H28ClN3OS/c35-29-18-16-26(17-19-29)31-23-38-30(24-40-34(38)36-31)20-21-37(22-25-10-4-1-5-11-25)33(39)32(27-12-6-2-7-13-27)28-14-8-3-9-15-28/h1-19,23-24,32H,20-22H2. The molecule has 0 atom stereocenters. The van der Waals surface area contributed by atoms with E-state index in [1.807, 2.05) is 108 Å². The number of carbonyl (C=O) groups excluding carboxylic acids is 1. The predicted octanol–water partition coefficient (Wildman–Crippen LogP) is 8.12. The molecular formula is C34H28ClN3OS. The highest BCUT2D eigenvalue weighted by molar-refractivity contribution is 7.15. The molecule has 1 amide bonds. The molecule has 6 heteroatoms. The molecule has 4 nitrogen and oxygen atoms in total. The van der Waals surface area contributed by atoms with Gasteiger partial charge in [0.2, 0.25) is 5.91 Å². The third-order valence-electron chi connectivity index (χ3n) is 7.10. The van der Waals surface area contributed by atoms with Crippen LogP contribution in [-0.4, -0.2) is 26.7 Å². The Hall–Kier alpha value is -4.19. The lowest BCUT2D eigenvalue weighted by atomic mass is 9.89. The van der Waals surface area contributed by atoms with E-state index in [0.29, 0.717) is 24.5 Å². The Labute approximate surface area is 243 Å². The van der Waals surface area contributed by atoms with Crippen molar-refractivity contribution in [1.82, 2.24) is 14.3 Å². The first-order valence-electron chi connectivity index (χ1n) is 13.3. The highest BCUT2D eigenvalue weighted by atomic mass is 35.5. The minimum atomic E-state index is -0.377. The first-order chi connectivity index (χ1) is 19.7. The number of hydrogen-bond acceptors (Lipinski definition) is 3. The predicted molar refractivity (Wildman–Crippen MR) is 164 cm³/mol. The van der Waals surface area contributed by atoms with Gasteiger partial charge in [-0.25, -0.2) is 4.98 Å². The molecule has 6 aromatic rings. The fourth-order valence-electron chi connectivity index (χ4n) is 5.04. The zero-order valence-corrected chi connectivity index (χ0v) is 23.4. The molecule has 0 aliphatic carbocycles. The summed E-state index contributed by atoms with van der Waals surface area (Å²) in [6.07, 6.45) is 2.79. The van der Waals surface area contributed by atoms with Gasteiger partial charge in [0, 0.05) is 47.4 Å². The molecule has 198 valence electrons. The van der Waals surface area contributed by atoms with Crippen LogP contribution in [0, 0.1) is 0 Å². The number of benzene rings is 4. The van der Waals surface area contributed by atoms with Gasteiger partial charge in [0.1, 0.15) is 0 Å². The topological polar surface area (TPSA) is 37.6 Å². The summed E-state index contributed by atoms with van der Waals surface area (Å²) in [4.78, 5) is 22.2. The highest BCUT2D eigenvalue weighted by Crippen LogP contribution is 2.29. The van der Waals surface area contributed by atoms with Crippen LogP contribution in [0.25, 0.3) is 16.2 Å². The summed E-state index contributed by atoms with van der Waals surface area (Å²) in [5, 5.41) is 2.85. The zero-order chi connectivity index (χ0) is 27.3. The van der Waals surface area contributed by atoms with Crippen molar-refractivity contribution in [3.63, 3.8) is 0 Å². The number of fused-ring (bicyclic) bond motifs is 1. The van der Waals surface area contributed by atoms with Gasteiger partial charge in [0.25, 0.3) is 0 Å². The van der Waals surface area contributed by atoms with Gasteiger partial charge in [-0.15, -0.1) is 11.3 Å². The Morgan fingerprint density at radius 2 is 1.43 bits per heavy atom. The molecule has 0 fully saturated rings. The van der Waals surface area contributed by atoms with E-state index in [1.165, 1.54) is 0 Å². The van der Waals surface area contributed by atoms with Gasteiger partial charge in [-0.2, -0.15) is 0 Å². The summed E-state index contributed by atoms with van der Waals surface area (Å²) in [5.41, 5.74) is 6.18. The fourth-order valence-corrected chi connectivity index (χ4v) is 6.07. The van der Waals surface area contributed by atoms with Gasteiger partial charge in [-0.05, 0) is 28.8 Å². The van der Waals surface area contributed by atoms with E-state index >= 15 is 0 Å². The lowest BCUT2D eigenvalue weighted by Crippen LogP contribution is -2.37. The second-order valence-electron chi connectivity index (χ2n) is 9.76. The maximum absolute atomic E-state index is 14.4. The largest absolute Gasteiger partial charge is 0.337 e. The molecule has 0 unspecified atom stereocenters. The van der Waals surface area contributed by atoms with E-state index in [-0.39, 0.29) is 11.8 Å². The summed E-state index contributed by atoms with van der Waals surface area (Å²) < 4.78 is 2.14. The molecule has 2 heterocycles. The number of amides is 1. The van der Waals surface area contributed by atoms with Crippen LogP contribution in [-0.2, 0) is 17.8 Å². The van der Waals surface area contributed by atoms with Gasteiger partial charge >= 0.3 is 0 Å². The summed E-state index contributed by atoms with van der Waals surface area (Å²) in [5.74, 6) is -0.279. The van der Waals surface area contributed by atoms with Gasteiger partial charge in [-0.3, -0.25) is 9.20 Å². The SMILES string of the molecule is O=C(C(c1ccccc1)c1ccccc1)N(CCc1csc2nc(-c3ccc(Cl)cc3)cn12)Cc1ccccc1. The van der Waals surface area contributed by atoms with Crippen LogP contribution >= 0.6 is 22.9 Å². The van der Waals surface area contributed by atoms with Gasteiger partial charge in [-0.1, -0.05) is 115 Å². The Morgan fingerprint density at radius 3 is 2.05 bits per heavy atom. The van der Waals surface area contributed by atoms with Crippen molar-refractivity contribution in [2.75, 3.05) is 6.54 Å². The summed E-state index contributed by atoms with van der Waals surface area (Å²) in [6, 6.07) is 38.1. The molecule has 0 N–H and O–H groups in total. The molecule has 4 aromatic carbocycles. The molecular weight excluding hydrogens is 534 g/mol. The third kappa shape index (κ3) is 5.71. The number of thiazole rings is 1. The second kappa shape index (κ2) is 11.9. The maximum atomic E-state index is 14.4. The first-order valence-corrected chi connectivity index (χ1v) is 14.6. The van der Waals surface area contributed by atoms with E-state index in [1.54, 1.807) is 11.3 Å². The lowest BCUT2D eigenvalue weighted by molar-refractivity contribution is -0.132. The van der Waals surface area contributed by atoms with Crippen molar-refractivity contribution in [3.8, 4) is 11.3 Å². The molecule has 0 aliphatic rings. The number of halogens is 1. The summed E-state index contributed by atoms with van der Waals surface area (Å²) in [6.45, 7) is 1.13. The maximum Gasteiger partial charge on any atom is 0.234 e. The zero-order valence-electron chi connectivity index (χ0n) is 21.9. The monoisotopic (exact) mass is 561 g/mol. The van der Waals surface area contributed by atoms with Crippen LogP contribution < -0.4 is 0 Å².